The molecule has 0 unspecified atom stereocenters. The van der Waals surface area contributed by atoms with E-state index in [2.05, 4.69) is 34.0 Å². The molecule has 0 saturated carbocycles. The van der Waals surface area contributed by atoms with Crippen molar-refractivity contribution in [2.24, 2.45) is 5.41 Å². The van der Waals surface area contributed by atoms with E-state index in [9.17, 15) is 4.79 Å². The Balaban J connectivity index is 1.96. The van der Waals surface area contributed by atoms with Crippen molar-refractivity contribution in [3.05, 3.63) is 41.6 Å². The number of hydrogen-bond acceptors (Lipinski definition) is 6. The number of benzene rings is 1. The van der Waals surface area contributed by atoms with Crippen molar-refractivity contribution in [1.29, 1.82) is 0 Å². The maximum atomic E-state index is 13.6. The number of nitrogens with one attached hydrogen (secondary N) is 1. The van der Waals surface area contributed by atoms with Gasteiger partial charge < -0.3 is 15.0 Å². The summed E-state index contributed by atoms with van der Waals surface area (Å²) in [6.07, 6.45) is 2.53. The lowest BCUT2D eigenvalue weighted by Crippen LogP contribution is -2.43. The normalized spacial score (nSPS) is 13.3. The fraction of sp³-hybridized carbons (Fsp3) is 0.522. The Morgan fingerprint density at radius 3 is 2.70 bits per heavy atom. The highest BCUT2D eigenvalue weighted by Gasteiger charge is 2.29. The molecule has 7 nitrogen and oxygen atoms in total. The van der Waals surface area contributed by atoms with Crippen molar-refractivity contribution in [1.82, 2.24) is 14.9 Å². The predicted molar refractivity (Wildman–Crippen MR) is 120 cm³/mol. The fourth-order valence-electron chi connectivity index (χ4n) is 3.89. The molecule has 0 fully saturated rings. The van der Waals surface area contributed by atoms with E-state index >= 15 is 0 Å². The smallest absolute Gasteiger partial charge is 0.259 e. The molecule has 1 aromatic heterocycles. The number of fused-ring (bicyclic) bond motifs is 1. The summed E-state index contributed by atoms with van der Waals surface area (Å²) >= 11 is 0. The lowest BCUT2D eigenvalue weighted by atomic mass is 9.91. The molecule has 0 saturated heterocycles. The minimum Gasteiger partial charge on any atom is -0.493 e. The Morgan fingerprint density at radius 1 is 1.23 bits per heavy atom. The van der Waals surface area contributed by atoms with Crippen LogP contribution in [0.3, 0.4) is 0 Å². The van der Waals surface area contributed by atoms with Crippen LogP contribution in [0.2, 0.25) is 0 Å². The van der Waals surface area contributed by atoms with E-state index in [0.29, 0.717) is 30.5 Å². The lowest BCUT2D eigenvalue weighted by Gasteiger charge is -2.34. The summed E-state index contributed by atoms with van der Waals surface area (Å²) in [6.45, 7) is 10.4. The Bertz CT molecular complexity index is 895. The summed E-state index contributed by atoms with van der Waals surface area (Å²) in [4.78, 5) is 26.5. The van der Waals surface area contributed by atoms with Gasteiger partial charge in [-0.2, -0.15) is 4.98 Å². The van der Waals surface area contributed by atoms with E-state index in [-0.39, 0.29) is 17.4 Å². The SMILES string of the molecule is CC(C)Nc1nccc(N(CC(C)(C)CN(C)C)C(=O)c2ccc3c(c2)CCO3)n1. The fourth-order valence-corrected chi connectivity index (χ4v) is 3.89. The number of ether oxygens (including phenoxy) is 1. The van der Waals surface area contributed by atoms with Crippen LogP contribution in [0.4, 0.5) is 11.8 Å². The second-order valence-corrected chi connectivity index (χ2v) is 9.25. The molecule has 0 radical (unpaired) electrons. The average Bonchev–Trinajstić information content (AvgIpc) is 3.12. The molecular formula is C23H33N5O2. The summed E-state index contributed by atoms with van der Waals surface area (Å²) in [6, 6.07) is 7.68. The Kier molecular flexibility index (Phi) is 6.61. The highest BCUT2D eigenvalue weighted by Crippen LogP contribution is 2.29. The molecule has 3 rings (SSSR count). The number of rotatable bonds is 8. The number of hydrogen-bond donors (Lipinski definition) is 1. The highest BCUT2D eigenvalue weighted by atomic mass is 16.5. The van der Waals surface area contributed by atoms with Gasteiger partial charge in [-0.15, -0.1) is 0 Å². The molecule has 0 aliphatic carbocycles. The first kappa shape index (κ1) is 22.0. The number of carbonyl (C=O) groups excluding carboxylic acids is 1. The molecule has 0 bridgehead atoms. The van der Waals surface area contributed by atoms with E-state index in [1.54, 1.807) is 17.2 Å². The van der Waals surface area contributed by atoms with Gasteiger partial charge >= 0.3 is 0 Å². The largest absolute Gasteiger partial charge is 0.493 e. The molecule has 30 heavy (non-hydrogen) atoms. The van der Waals surface area contributed by atoms with Gasteiger partial charge in [0.2, 0.25) is 5.95 Å². The van der Waals surface area contributed by atoms with Crippen LogP contribution in [0.5, 0.6) is 5.75 Å². The highest BCUT2D eigenvalue weighted by molar-refractivity contribution is 6.06. The minimum absolute atomic E-state index is 0.0641. The van der Waals surface area contributed by atoms with Gasteiger partial charge in [-0.25, -0.2) is 4.98 Å². The van der Waals surface area contributed by atoms with Gasteiger partial charge in [-0.3, -0.25) is 9.69 Å². The maximum absolute atomic E-state index is 13.6. The predicted octanol–water partition coefficient (Wildman–Crippen LogP) is 3.47. The molecule has 1 amide bonds. The van der Waals surface area contributed by atoms with Gasteiger partial charge in [0.25, 0.3) is 5.91 Å². The second-order valence-electron chi connectivity index (χ2n) is 9.25. The van der Waals surface area contributed by atoms with Crippen molar-refractivity contribution in [3.8, 4) is 5.75 Å². The van der Waals surface area contributed by atoms with Crippen molar-refractivity contribution in [2.45, 2.75) is 40.2 Å². The van der Waals surface area contributed by atoms with E-state index in [0.717, 1.165) is 24.3 Å². The van der Waals surface area contributed by atoms with Crippen LogP contribution in [-0.2, 0) is 6.42 Å². The van der Waals surface area contributed by atoms with E-state index < -0.39 is 0 Å². The second kappa shape index (κ2) is 9.00. The third kappa shape index (κ3) is 5.48. The van der Waals surface area contributed by atoms with Crippen molar-refractivity contribution in [3.63, 3.8) is 0 Å². The molecule has 162 valence electrons. The summed E-state index contributed by atoms with van der Waals surface area (Å²) in [5, 5.41) is 3.22. The number of anilines is 2. The van der Waals surface area contributed by atoms with Crippen LogP contribution in [-0.4, -0.2) is 60.6 Å². The molecule has 1 N–H and O–H groups in total. The number of aromatic nitrogens is 2. The molecule has 1 aliphatic heterocycles. The van der Waals surface area contributed by atoms with Crippen LogP contribution in [0.15, 0.2) is 30.5 Å². The molecule has 2 aromatic rings. The van der Waals surface area contributed by atoms with Gasteiger partial charge in [0.1, 0.15) is 11.6 Å². The number of amides is 1. The first-order valence-electron chi connectivity index (χ1n) is 10.5. The van der Waals surface area contributed by atoms with Crippen LogP contribution < -0.4 is 15.0 Å². The molecule has 7 heteroatoms. The zero-order valence-corrected chi connectivity index (χ0v) is 18.9. The third-order valence-electron chi connectivity index (χ3n) is 4.85. The first-order valence-corrected chi connectivity index (χ1v) is 10.5. The quantitative estimate of drug-likeness (QED) is 0.717. The van der Waals surface area contributed by atoms with Gasteiger partial charge in [0.15, 0.2) is 0 Å². The molecule has 1 aromatic carbocycles. The van der Waals surface area contributed by atoms with E-state index in [1.165, 1.54) is 0 Å². The van der Waals surface area contributed by atoms with Gasteiger partial charge in [0.05, 0.1) is 6.61 Å². The first-order chi connectivity index (χ1) is 14.1. The van der Waals surface area contributed by atoms with Crippen molar-refractivity contribution < 1.29 is 9.53 Å². The van der Waals surface area contributed by atoms with Crippen LogP contribution in [0.25, 0.3) is 0 Å². The van der Waals surface area contributed by atoms with Gasteiger partial charge in [-0.1, -0.05) is 13.8 Å². The Morgan fingerprint density at radius 2 is 2.00 bits per heavy atom. The number of nitrogens with zero attached hydrogens (tertiary/aromatic N) is 4. The van der Waals surface area contributed by atoms with Gasteiger partial charge in [-0.05, 0) is 63.2 Å². The molecule has 2 heterocycles. The summed E-state index contributed by atoms with van der Waals surface area (Å²) in [7, 11) is 4.09. The average molecular weight is 412 g/mol. The minimum atomic E-state index is -0.129. The Hall–Kier alpha value is -2.67. The molecular weight excluding hydrogens is 378 g/mol. The van der Waals surface area contributed by atoms with Crippen LogP contribution in [0, 0.1) is 5.41 Å². The van der Waals surface area contributed by atoms with Crippen LogP contribution >= 0.6 is 0 Å². The van der Waals surface area contributed by atoms with Crippen LogP contribution in [0.1, 0.15) is 43.6 Å². The standard InChI is InChI=1S/C23H33N5O2/c1-16(2)25-22-24-11-9-20(26-22)28(15-23(3,4)14-27(5)6)21(29)18-7-8-19-17(13-18)10-12-30-19/h7-9,11,13,16H,10,12,14-15H2,1-6H3,(H,24,25,26). The monoisotopic (exact) mass is 411 g/mol. The maximum Gasteiger partial charge on any atom is 0.259 e. The van der Waals surface area contributed by atoms with Gasteiger partial charge in [0, 0.05) is 37.3 Å². The van der Waals surface area contributed by atoms with E-state index in [1.807, 2.05) is 46.1 Å². The molecule has 0 atom stereocenters. The topological polar surface area (TPSA) is 70.6 Å². The van der Waals surface area contributed by atoms with Crippen molar-refractivity contribution in [2.75, 3.05) is 44.0 Å². The zero-order valence-electron chi connectivity index (χ0n) is 18.9. The van der Waals surface area contributed by atoms with Crippen molar-refractivity contribution >= 4 is 17.7 Å². The summed E-state index contributed by atoms with van der Waals surface area (Å²) in [5.41, 5.74) is 1.60. The zero-order chi connectivity index (χ0) is 21.9. The molecule has 0 spiro atoms. The summed E-state index contributed by atoms with van der Waals surface area (Å²) < 4.78 is 5.60. The summed E-state index contributed by atoms with van der Waals surface area (Å²) in [5.74, 6) is 1.93. The third-order valence-corrected chi connectivity index (χ3v) is 4.85. The number of carbonyl (C=O) groups is 1. The molecule has 1 aliphatic rings. The van der Waals surface area contributed by atoms with E-state index in [4.69, 9.17) is 4.74 Å². The lowest BCUT2D eigenvalue weighted by molar-refractivity contribution is 0.0970. The Labute approximate surface area is 179 Å².